The van der Waals surface area contributed by atoms with Gasteiger partial charge < -0.3 is 14.5 Å². The number of aliphatic hydroxyl groups excluding tert-OH is 1. The van der Waals surface area contributed by atoms with Gasteiger partial charge in [0.15, 0.2) is 11.5 Å². The maximum Gasteiger partial charge on any atom is 0.276 e. The molecule has 4 rings (SSSR count). The Balaban J connectivity index is 1.26. The van der Waals surface area contributed by atoms with Crippen LogP contribution in [0.2, 0.25) is 0 Å². The zero-order chi connectivity index (χ0) is 18.6. The number of hydrogen-bond donors (Lipinski definition) is 1. The number of aliphatic hydroxyl groups is 1. The Labute approximate surface area is 159 Å². The molecule has 1 atom stereocenters. The Morgan fingerprint density at radius 1 is 1.15 bits per heavy atom. The van der Waals surface area contributed by atoms with Crippen LogP contribution in [0.1, 0.15) is 41.1 Å². The first-order valence-electron chi connectivity index (χ1n) is 9.86. The minimum atomic E-state index is -0.419. The van der Waals surface area contributed by atoms with E-state index < -0.39 is 6.10 Å². The standard InChI is InChI=1S/C21H27N3O3/c25-18-8-11-24(14-18)21(26)20-13-19(27-22-20)15-23-9-6-17(7-10-23)12-16-4-2-1-3-5-16/h1-5,13,17-18,25H,6-12,14-15H2/t18-/m1/s1. The second-order valence-electron chi connectivity index (χ2n) is 7.78. The number of hydrogen-bond acceptors (Lipinski definition) is 5. The molecule has 6 nitrogen and oxygen atoms in total. The average Bonchev–Trinajstić information content (AvgIpc) is 3.33. The predicted octanol–water partition coefficient (Wildman–Crippen LogP) is 2.34. The minimum Gasteiger partial charge on any atom is -0.391 e. The number of piperidine rings is 1. The fraction of sp³-hybridized carbons (Fsp3) is 0.524. The maximum absolute atomic E-state index is 12.4. The number of rotatable bonds is 5. The molecule has 1 aromatic carbocycles. The summed E-state index contributed by atoms with van der Waals surface area (Å²) >= 11 is 0. The number of carbonyl (C=O) groups is 1. The number of carbonyl (C=O) groups excluding carboxylic acids is 1. The topological polar surface area (TPSA) is 69.8 Å². The molecule has 27 heavy (non-hydrogen) atoms. The van der Waals surface area contributed by atoms with Gasteiger partial charge in [-0.1, -0.05) is 35.5 Å². The fourth-order valence-electron chi connectivity index (χ4n) is 4.09. The molecular weight excluding hydrogens is 342 g/mol. The van der Waals surface area contributed by atoms with Crippen LogP contribution < -0.4 is 0 Å². The van der Waals surface area contributed by atoms with Crippen LogP contribution in [-0.4, -0.2) is 58.3 Å². The van der Waals surface area contributed by atoms with Gasteiger partial charge in [-0.25, -0.2) is 0 Å². The number of likely N-dealkylation sites (tertiary alicyclic amines) is 2. The predicted molar refractivity (Wildman–Crippen MR) is 101 cm³/mol. The number of β-amino-alcohol motifs (C(OH)–C–C–N with tert-alkyl or cyclic N) is 1. The Hall–Kier alpha value is -2.18. The van der Waals surface area contributed by atoms with E-state index in [-0.39, 0.29) is 5.91 Å². The van der Waals surface area contributed by atoms with Crippen LogP contribution in [0.3, 0.4) is 0 Å². The Kier molecular flexibility index (Phi) is 5.55. The van der Waals surface area contributed by atoms with Crippen molar-refractivity contribution in [2.45, 2.75) is 38.3 Å². The molecule has 2 saturated heterocycles. The molecule has 0 unspecified atom stereocenters. The molecule has 6 heteroatoms. The van der Waals surface area contributed by atoms with E-state index in [0.29, 0.717) is 31.7 Å². The lowest BCUT2D eigenvalue weighted by Crippen LogP contribution is -2.33. The maximum atomic E-state index is 12.4. The van der Waals surface area contributed by atoms with E-state index in [1.807, 2.05) is 0 Å². The van der Waals surface area contributed by atoms with E-state index in [1.54, 1.807) is 11.0 Å². The summed E-state index contributed by atoms with van der Waals surface area (Å²) < 4.78 is 5.40. The summed E-state index contributed by atoms with van der Waals surface area (Å²) in [6.45, 7) is 3.74. The highest BCUT2D eigenvalue weighted by molar-refractivity contribution is 5.92. The van der Waals surface area contributed by atoms with Gasteiger partial charge in [0.2, 0.25) is 0 Å². The van der Waals surface area contributed by atoms with Gasteiger partial charge >= 0.3 is 0 Å². The highest BCUT2D eigenvalue weighted by Crippen LogP contribution is 2.23. The third-order valence-electron chi connectivity index (χ3n) is 5.68. The second-order valence-corrected chi connectivity index (χ2v) is 7.78. The monoisotopic (exact) mass is 369 g/mol. The van der Waals surface area contributed by atoms with Gasteiger partial charge in [-0.3, -0.25) is 9.69 Å². The van der Waals surface area contributed by atoms with Crippen molar-refractivity contribution < 1.29 is 14.4 Å². The SMILES string of the molecule is O=C(c1cc(CN2CCC(Cc3ccccc3)CC2)on1)N1CC[C@@H](O)C1. The van der Waals surface area contributed by atoms with Crippen LogP contribution in [0.25, 0.3) is 0 Å². The van der Waals surface area contributed by atoms with E-state index in [9.17, 15) is 9.90 Å². The lowest BCUT2D eigenvalue weighted by Gasteiger charge is -2.31. The lowest BCUT2D eigenvalue weighted by atomic mass is 9.90. The number of benzene rings is 1. The van der Waals surface area contributed by atoms with Gasteiger partial charge in [-0.05, 0) is 50.3 Å². The summed E-state index contributed by atoms with van der Waals surface area (Å²) in [7, 11) is 0. The third-order valence-corrected chi connectivity index (χ3v) is 5.68. The summed E-state index contributed by atoms with van der Waals surface area (Å²) in [5, 5.41) is 13.5. The van der Waals surface area contributed by atoms with Crippen LogP contribution >= 0.6 is 0 Å². The van der Waals surface area contributed by atoms with Crippen LogP contribution in [-0.2, 0) is 13.0 Å². The number of aromatic nitrogens is 1. The second kappa shape index (κ2) is 8.23. The summed E-state index contributed by atoms with van der Waals surface area (Å²) in [4.78, 5) is 16.4. The van der Waals surface area contributed by atoms with Crippen molar-refractivity contribution in [3.8, 4) is 0 Å². The molecule has 0 saturated carbocycles. The van der Waals surface area contributed by atoms with Crippen molar-refractivity contribution in [2.75, 3.05) is 26.2 Å². The van der Waals surface area contributed by atoms with Gasteiger partial charge in [-0.15, -0.1) is 0 Å². The molecule has 1 aromatic heterocycles. The molecule has 0 spiro atoms. The zero-order valence-electron chi connectivity index (χ0n) is 15.6. The van der Waals surface area contributed by atoms with Crippen molar-refractivity contribution in [1.82, 2.24) is 15.0 Å². The largest absolute Gasteiger partial charge is 0.391 e. The van der Waals surface area contributed by atoms with Gasteiger partial charge in [-0.2, -0.15) is 0 Å². The summed E-state index contributed by atoms with van der Waals surface area (Å²) in [5.41, 5.74) is 1.76. The molecule has 1 N–H and O–H groups in total. The van der Waals surface area contributed by atoms with Crippen molar-refractivity contribution >= 4 is 5.91 Å². The quantitative estimate of drug-likeness (QED) is 0.876. The van der Waals surface area contributed by atoms with Crippen LogP contribution in [0.5, 0.6) is 0 Å². The summed E-state index contributed by atoms with van der Waals surface area (Å²) in [6, 6.07) is 12.4. The number of amides is 1. The molecule has 144 valence electrons. The van der Waals surface area contributed by atoms with Gasteiger partial charge in [0.05, 0.1) is 12.6 Å². The molecule has 0 radical (unpaired) electrons. The van der Waals surface area contributed by atoms with E-state index in [4.69, 9.17) is 4.52 Å². The van der Waals surface area contributed by atoms with Gasteiger partial charge in [0.1, 0.15) is 0 Å². The zero-order valence-corrected chi connectivity index (χ0v) is 15.6. The van der Waals surface area contributed by atoms with Gasteiger partial charge in [0.25, 0.3) is 5.91 Å². The molecule has 2 aliphatic heterocycles. The first-order valence-corrected chi connectivity index (χ1v) is 9.86. The smallest absolute Gasteiger partial charge is 0.276 e. The Morgan fingerprint density at radius 2 is 1.93 bits per heavy atom. The molecule has 2 fully saturated rings. The summed E-state index contributed by atoms with van der Waals surface area (Å²) in [5.74, 6) is 1.32. The van der Waals surface area contributed by atoms with E-state index >= 15 is 0 Å². The van der Waals surface area contributed by atoms with E-state index in [0.717, 1.165) is 31.2 Å². The first-order chi connectivity index (χ1) is 13.2. The Bertz CT molecular complexity index is 753. The first kappa shape index (κ1) is 18.2. The Morgan fingerprint density at radius 3 is 2.63 bits per heavy atom. The minimum absolute atomic E-state index is 0.150. The molecule has 2 aromatic rings. The molecular formula is C21H27N3O3. The lowest BCUT2D eigenvalue weighted by molar-refractivity contribution is 0.0754. The molecule has 1 amide bonds. The average molecular weight is 369 g/mol. The third kappa shape index (κ3) is 4.57. The highest BCUT2D eigenvalue weighted by Gasteiger charge is 2.28. The van der Waals surface area contributed by atoms with Crippen LogP contribution in [0, 0.1) is 5.92 Å². The molecule has 0 bridgehead atoms. The van der Waals surface area contributed by atoms with Crippen molar-refractivity contribution in [3.05, 3.63) is 53.4 Å². The highest BCUT2D eigenvalue weighted by atomic mass is 16.5. The van der Waals surface area contributed by atoms with E-state index in [2.05, 4.69) is 40.4 Å². The summed E-state index contributed by atoms with van der Waals surface area (Å²) in [6.07, 6.45) is 3.73. The van der Waals surface area contributed by atoms with Gasteiger partial charge in [0, 0.05) is 19.2 Å². The normalized spacial score (nSPS) is 21.7. The fourth-order valence-corrected chi connectivity index (χ4v) is 4.09. The van der Waals surface area contributed by atoms with Crippen molar-refractivity contribution in [2.24, 2.45) is 5.92 Å². The van der Waals surface area contributed by atoms with Crippen LogP contribution in [0.4, 0.5) is 0 Å². The molecule has 0 aliphatic carbocycles. The van der Waals surface area contributed by atoms with E-state index in [1.165, 1.54) is 18.4 Å². The van der Waals surface area contributed by atoms with Crippen molar-refractivity contribution in [3.63, 3.8) is 0 Å². The van der Waals surface area contributed by atoms with Crippen molar-refractivity contribution in [1.29, 1.82) is 0 Å². The molecule has 2 aliphatic rings. The number of nitrogens with zero attached hydrogens (tertiary/aromatic N) is 3. The molecule has 3 heterocycles. The van der Waals surface area contributed by atoms with Crippen LogP contribution in [0.15, 0.2) is 40.9 Å².